The molecule has 0 fully saturated rings. The first kappa shape index (κ1) is 21.6. The molecule has 0 aromatic heterocycles. The molecule has 2 aromatic carbocycles. The van der Waals surface area contributed by atoms with Crippen LogP contribution in [0.15, 0.2) is 54.6 Å². The molecule has 0 saturated heterocycles. The first-order valence-electron chi connectivity index (χ1n) is 9.08. The van der Waals surface area contributed by atoms with E-state index in [9.17, 15) is 10.1 Å². The molecule has 6 nitrogen and oxygen atoms in total. The fraction of sp³-hybridized carbons (Fsp3) is 0.217. The number of carbonyl (C=O) groups is 1. The van der Waals surface area contributed by atoms with Crippen molar-refractivity contribution in [1.82, 2.24) is 0 Å². The van der Waals surface area contributed by atoms with Crippen molar-refractivity contribution < 1.29 is 19.0 Å². The van der Waals surface area contributed by atoms with Crippen molar-refractivity contribution in [2.24, 2.45) is 0 Å². The third-order valence-corrected chi connectivity index (χ3v) is 4.04. The average Bonchev–Trinajstić information content (AvgIpc) is 2.73. The van der Waals surface area contributed by atoms with Crippen molar-refractivity contribution in [1.29, 1.82) is 5.26 Å². The van der Waals surface area contributed by atoms with E-state index in [-0.39, 0.29) is 5.57 Å². The number of nitrogens with one attached hydrogen (secondary N) is 1. The highest BCUT2D eigenvalue weighted by Gasteiger charge is 2.14. The molecule has 0 heterocycles. The molecular formula is C23H24N2O4. The third kappa shape index (κ3) is 5.63. The lowest BCUT2D eigenvalue weighted by Gasteiger charge is -2.13. The van der Waals surface area contributed by atoms with Gasteiger partial charge < -0.3 is 19.5 Å². The lowest BCUT2D eigenvalue weighted by Crippen LogP contribution is -2.13. The van der Waals surface area contributed by atoms with Crippen LogP contribution < -0.4 is 19.5 Å². The molecule has 150 valence electrons. The lowest BCUT2D eigenvalue weighted by atomic mass is 10.0. The second kappa shape index (κ2) is 10.6. The maximum Gasteiger partial charge on any atom is 0.266 e. The summed E-state index contributed by atoms with van der Waals surface area (Å²) in [6, 6.07) is 12.5. The number of nitrogens with zero attached hydrogens (tertiary/aromatic N) is 1. The monoisotopic (exact) mass is 392 g/mol. The van der Waals surface area contributed by atoms with Gasteiger partial charge in [0.25, 0.3) is 5.91 Å². The summed E-state index contributed by atoms with van der Waals surface area (Å²) >= 11 is 0. The Balaban J connectivity index is 2.30. The Bertz CT molecular complexity index is 941. The van der Waals surface area contributed by atoms with E-state index in [4.69, 9.17) is 14.2 Å². The summed E-state index contributed by atoms with van der Waals surface area (Å²) in [6.45, 7) is 6.21. The summed E-state index contributed by atoms with van der Waals surface area (Å²) in [5.41, 5.74) is 2.03. The van der Waals surface area contributed by atoms with Crippen LogP contribution in [0.3, 0.4) is 0 Å². The molecule has 2 aromatic rings. The third-order valence-electron chi connectivity index (χ3n) is 4.04. The Morgan fingerprint density at radius 3 is 2.48 bits per heavy atom. The zero-order valence-corrected chi connectivity index (χ0v) is 16.8. The highest BCUT2D eigenvalue weighted by Crippen LogP contribution is 2.34. The summed E-state index contributed by atoms with van der Waals surface area (Å²) in [5.74, 6) is 1.32. The van der Waals surface area contributed by atoms with Gasteiger partial charge in [0.05, 0.1) is 20.8 Å². The standard InChI is InChI=1S/C23H24N2O4/c1-5-7-17-12-16(14-21(27-3)22(17)28-4)13-18(15-24)23(26)25-19-8-10-20(11-9-19)29-6-2/h5,8-14H,1,6-7H2,2-4H3,(H,25,26)/b18-13+. The SMILES string of the molecule is C=CCc1cc(/C=C(\C#N)C(=O)Nc2ccc(OCC)cc2)cc(OC)c1OC. The minimum Gasteiger partial charge on any atom is -0.494 e. The van der Waals surface area contributed by atoms with Gasteiger partial charge in [0.1, 0.15) is 17.4 Å². The minimum absolute atomic E-state index is 0.0318. The predicted molar refractivity (Wildman–Crippen MR) is 113 cm³/mol. The van der Waals surface area contributed by atoms with Gasteiger partial charge in [-0.25, -0.2) is 0 Å². The van der Waals surface area contributed by atoms with Gasteiger partial charge >= 0.3 is 0 Å². The molecule has 1 N–H and O–H groups in total. The average molecular weight is 392 g/mol. The smallest absolute Gasteiger partial charge is 0.266 e. The molecule has 0 unspecified atom stereocenters. The van der Waals surface area contributed by atoms with Gasteiger partial charge in [-0.15, -0.1) is 6.58 Å². The fourth-order valence-corrected chi connectivity index (χ4v) is 2.77. The Labute approximate surface area is 171 Å². The maximum atomic E-state index is 12.5. The topological polar surface area (TPSA) is 80.6 Å². The van der Waals surface area contributed by atoms with Gasteiger partial charge in [-0.2, -0.15) is 5.26 Å². The number of methoxy groups -OCH3 is 2. The number of hydrogen-bond acceptors (Lipinski definition) is 5. The van der Waals surface area contributed by atoms with Crippen LogP contribution in [0.1, 0.15) is 18.1 Å². The number of ether oxygens (including phenoxy) is 3. The van der Waals surface area contributed by atoms with Crippen LogP contribution in [0.4, 0.5) is 5.69 Å². The van der Waals surface area contributed by atoms with Gasteiger partial charge in [0.2, 0.25) is 0 Å². The van der Waals surface area contributed by atoms with Crippen molar-refractivity contribution in [2.75, 3.05) is 26.1 Å². The van der Waals surface area contributed by atoms with Gasteiger partial charge in [-0.05, 0) is 61.4 Å². The van der Waals surface area contributed by atoms with Crippen molar-refractivity contribution in [3.05, 3.63) is 65.8 Å². The summed E-state index contributed by atoms with van der Waals surface area (Å²) in [5, 5.41) is 12.2. The number of rotatable bonds is 9. The van der Waals surface area contributed by atoms with Crippen molar-refractivity contribution in [3.8, 4) is 23.3 Å². The van der Waals surface area contributed by atoms with Crippen LogP contribution in [0.25, 0.3) is 6.08 Å². The van der Waals surface area contributed by atoms with Gasteiger partial charge in [0, 0.05) is 11.3 Å². The Morgan fingerprint density at radius 2 is 1.93 bits per heavy atom. The molecule has 0 spiro atoms. The molecule has 6 heteroatoms. The molecule has 0 aliphatic rings. The van der Waals surface area contributed by atoms with E-state index >= 15 is 0 Å². The molecule has 0 saturated carbocycles. The fourth-order valence-electron chi connectivity index (χ4n) is 2.77. The number of nitriles is 1. The predicted octanol–water partition coefficient (Wildman–Crippen LogP) is 4.38. The lowest BCUT2D eigenvalue weighted by molar-refractivity contribution is -0.112. The first-order chi connectivity index (χ1) is 14.1. The van der Waals surface area contributed by atoms with E-state index in [1.807, 2.05) is 19.1 Å². The summed E-state index contributed by atoms with van der Waals surface area (Å²) in [7, 11) is 3.10. The molecule has 0 aliphatic heterocycles. The molecular weight excluding hydrogens is 368 g/mol. The highest BCUT2D eigenvalue weighted by atomic mass is 16.5. The van der Waals surface area contributed by atoms with Crippen molar-refractivity contribution in [2.45, 2.75) is 13.3 Å². The van der Waals surface area contributed by atoms with Crippen LogP contribution in [-0.4, -0.2) is 26.7 Å². The zero-order chi connectivity index (χ0) is 21.2. The van der Waals surface area contributed by atoms with Crippen LogP contribution in [0.5, 0.6) is 17.2 Å². The summed E-state index contributed by atoms with van der Waals surface area (Å²) < 4.78 is 16.2. The number of amides is 1. The van der Waals surface area contributed by atoms with Crippen LogP contribution in [-0.2, 0) is 11.2 Å². The quantitative estimate of drug-likeness (QED) is 0.389. The van der Waals surface area contributed by atoms with Crippen molar-refractivity contribution in [3.63, 3.8) is 0 Å². The second-order valence-electron chi connectivity index (χ2n) is 5.99. The van der Waals surface area contributed by atoms with E-state index in [0.717, 1.165) is 5.56 Å². The largest absolute Gasteiger partial charge is 0.494 e. The molecule has 29 heavy (non-hydrogen) atoms. The number of allylic oxidation sites excluding steroid dienone is 1. The van der Waals surface area contributed by atoms with Gasteiger partial charge in [0.15, 0.2) is 11.5 Å². The van der Waals surface area contributed by atoms with E-state index in [2.05, 4.69) is 11.9 Å². The summed E-state index contributed by atoms with van der Waals surface area (Å²) in [6.07, 6.45) is 3.81. The van der Waals surface area contributed by atoms with Crippen LogP contribution >= 0.6 is 0 Å². The molecule has 0 atom stereocenters. The molecule has 0 bridgehead atoms. The molecule has 0 radical (unpaired) electrons. The molecule has 2 rings (SSSR count). The Hall–Kier alpha value is -3.72. The van der Waals surface area contributed by atoms with Crippen molar-refractivity contribution >= 4 is 17.7 Å². The van der Waals surface area contributed by atoms with E-state index < -0.39 is 5.91 Å². The van der Waals surface area contributed by atoms with Crippen LogP contribution in [0.2, 0.25) is 0 Å². The highest BCUT2D eigenvalue weighted by molar-refractivity contribution is 6.09. The van der Waals surface area contributed by atoms with Gasteiger partial charge in [-0.1, -0.05) is 6.08 Å². The van der Waals surface area contributed by atoms with E-state index in [0.29, 0.717) is 41.5 Å². The Morgan fingerprint density at radius 1 is 1.21 bits per heavy atom. The minimum atomic E-state index is -0.503. The normalized spacial score (nSPS) is 10.6. The van der Waals surface area contributed by atoms with Gasteiger partial charge in [-0.3, -0.25) is 4.79 Å². The molecule has 0 aliphatic carbocycles. The first-order valence-corrected chi connectivity index (χ1v) is 9.08. The molecule has 1 amide bonds. The van der Waals surface area contributed by atoms with E-state index in [1.54, 1.807) is 43.5 Å². The number of carbonyl (C=O) groups excluding carboxylic acids is 1. The Kier molecular flexibility index (Phi) is 7.87. The maximum absolute atomic E-state index is 12.5. The summed E-state index contributed by atoms with van der Waals surface area (Å²) in [4.78, 5) is 12.5. The number of hydrogen-bond donors (Lipinski definition) is 1. The van der Waals surface area contributed by atoms with E-state index in [1.165, 1.54) is 13.2 Å². The zero-order valence-electron chi connectivity index (χ0n) is 16.8. The van der Waals surface area contributed by atoms with Crippen LogP contribution in [0, 0.1) is 11.3 Å². The second-order valence-corrected chi connectivity index (χ2v) is 5.99. The number of benzene rings is 2. The number of anilines is 1.